The van der Waals surface area contributed by atoms with Crippen LogP contribution >= 0.6 is 0 Å². The molecule has 2 N–H and O–H groups in total. The Balaban J connectivity index is 4.46. The van der Waals surface area contributed by atoms with Gasteiger partial charge in [-0.15, -0.1) is 0 Å². The number of hydrogen-bond acceptors (Lipinski definition) is 2. The van der Waals surface area contributed by atoms with E-state index in [1.165, 1.54) is 0 Å². The number of rotatable bonds is 7. The summed E-state index contributed by atoms with van der Waals surface area (Å²) in [7, 11) is 0. The molecule has 0 saturated heterocycles. The number of carboxylic acid groups (broad SMARTS) is 1. The minimum absolute atomic E-state index is 0.144. The van der Waals surface area contributed by atoms with Crippen LogP contribution in [0.3, 0.4) is 0 Å². The van der Waals surface area contributed by atoms with Gasteiger partial charge in [-0.3, -0.25) is 10.1 Å². The Hall–Kier alpha value is -0.570. The summed E-state index contributed by atoms with van der Waals surface area (Å²) in [4.78, 5) is 11.2. The highest BCUT2D eigenvalue weighted by Gasteiger charge is 2.29. The zero-order chi connectivity index (χ0) is 13.7. The number of hydrogen-bond donors (Lipinski definition) is 2. The van der Waals surface area contributed by atoms with Crippen molar-refractivity contribution in [3.63, 3.8) is 0 Å². The van der Waals surface area contributed by atoms with Crippen molar-refractivity contribution in [2.45, 2.75) is 78.8 Å². The Morgan fingerprint density at radius 3 is 2.12 bits per heavy atom. The summed E-state index contributed by atoms with van der Waals surface area (Å²) in [5, 5.41) is 12.5. The molecule has 0 aromatic carbocycles. The van der Waals surface area contributed by atoms with Crippen molar-refractivity contribution in [2.75, 3.05) is 0 Å². The Morgan fingerprint density at radius 2 is 1.76 bits per heavy atom. The van der Waals surface area contributed by atoms with E-state index in [1.54, 1.807) is 0 Å². The second-order valence-electron chi connectivity index (χ2n) is 6.80. The maximum Gasteiger partial charge on any atom is 0.320 e. The van der Waals surface area contributed by atoms with E-state index < -0.39 is 12.0 Å². The fraction of sp³-hybridized carbons (Fsp3) is 0.929. The monoisotopic (exact) mass is 243 g/mol. The summed E-state index contributed by atoms with van der Waals surface area (Å²) in [5.41, 5.74) is 0.0549. The number of carbonyl (C=O) groups is 1. The van der Waals surface area contributed by atoms with E-state index in [4.69, 9.17) is 0 Å². The van der Waals surface area contributed by atoms with Crippen molar-refractivity contribution in [1.29, 1.82) is 0 Å². The molecule has 0 aromatic rings. The fourth-order valence-electron chi connectivity index (χ4n) is 2.51. The van der Waals surface area contributed by atoms with Crippen molar-refractivity contribution < 1.29 is 9.90 Å². The first-order valence-electron chi connectivity index (χ1n) is 6.58. The summed E-state index contributed by atoms with van der Waals surface area (Å²) in [6, 6.07) is -0.424. The molecule has 17 heavy (non-hydrogen) atoms. The lowest BCUT2D eigenvalue weighted by atomic mass is 9.81. The summed E-state index contributed by atoms with van der Waals surface area (Å²) in [6.45, 7) is 12.8. The van der Waals surface area contributed by atoms with Crippen LogP contribution in [-0.2, 0) is 4.79 Å². The molecule has 0 aliphatic rings. The van der Waals surface area contributed by atoms with E-state index in [0.29, 0.717) is 6.42 Å². The van der Waals surface area contributed by atoms with Crippen LogP contribution < -0.4 is 5.32 Å². The molecule has 0 spiro atoms. The van der Waals surface area contributed by atoms with Crippen molar-refractivity contribution in [3.8, 4) is 0 Å². The van der Waals surface area contributed by atoms with Gasteiger partial charge in [0.1, 0.15) is 6.04 Å². The molecule has 1 atom stereocenters. The highest BCUT2D eigenvalue weighted by Crippen LogP contribution is 2.27. The zero-order valence-electron chi connectivity index (χ0n) is 12.3. The van der Waals surface area contributed by atoms with Crippen molar-refractivity contribution in [2.24, 2.45) is 5.41 Å². The molecular weight excluding hydrogens is 214 g/mol. The van der Waals surface area contributed by atoms with E-state index in [0.717, 1.165) is 19.3 Å². The lowest BCUT2D eigenvalue weighted by Gasteiger charge is -2.35. The summed E-state index contributed by atoms with van der Waals surface area (Å²) >= 11 is 0. The molecule has 0 rings (SSSR count). The predicted molar refractivity (Wildman–Crippen MR) is 72.2 cm³/mol. The summed E-state index contributed by atoms with van der Waals surface area (Å²) in [5.74, 6) is -0.736. The highest BCUT2D eigenvalue weighted by atomic mass is 16.4. The first kappa shape index (κ1) is 16.4. The van der Waals surface area contributed by atoms with Gasteiger partial charge in [-0.2, -0.15) is 0 Å². The summed E-state index contributed by atoms with van der Waals surface area (Å²) in [6.07, 6.45) is 3.65. The molecule has 3 heteroatoms. The van der Waals surface area contributed by atoms with Crippen LogP contribution in [0, 0.1) is 5.41 Å². The van der Waals surface area contributed by atoms with Gasteiger partial charge in [-0.1, -0.05) is 40.5 Å². The lowest BCUT2D eigenvalue weighted by Crippen LogP contribution is -2.51. The van der Waals surface area contributed by atoms with Gasteiger partial charge in [0, 0.05) is 5.54 Å². The molecule has 0 saturated carbocycles. The molecule has 0 aromatic heterocycles. The van der Waals surface area contributed by atoms with Gasteiger partial charge in [0.05, 0.1) is 0 Å². The second kappa shape index (κ2) is 6.39. The van der Waals surface area contributed by atoms with E-state index in [9.17, 15) is 9.90 Å². The third-order valence-corrected chi connectivity index (χ3v) is 2.68. The average molecular weight is 243 g/mol. The van der Waals surface area contributed by atoms with Crippen LogP contribution in [0.1, 0.15) is 67.2 Å². The Morgan fingerprint density at radius 1 is 1.24 bits per heavy atom. The van der Waals surface area contributed by atoms with Gasteiger partial charge >= 0.3 is 5.97 Å². The molecule has 0 aliphatic carbocycles. The minimum atomic E-state index is -0.736. The fourth-order valence-corrected chi connectivity index (χ4v) is 2.51. The molecule has 0 fully saturated rings. The minimum Gasteiger partial charge on any atom is -0.480 e. The maximum absolute atomic E-state index is 11.2. The van der Waals surface area contributed by atoms with E-state index in [2.05, 4.69) is 46.9 Å². The van der Waals surface area contributed by atoms with Gasteiger partial charge < -0.3 is 5.11 Å². The Labute approximate surface area is 106 Å². The third kappa shape index (κ3) is 8.19. The van der Waals surface area contributed by atoms with Gasteiger partial charge in [-0.25, -0.2) is 0 Å². The van der Waals surface area contributed by atoms with Gasteiger partial charge in [0.15, 0.2) is 0 Å². The first-order valence-corrected chi connectivity index (χ1v) is 6.58. The van der Waals surface area contributed by atoms with E-state index >= 15 is 0 Å². The van der Waals surface area contributed by atoms with E-state index in [-0.39, 0.29) is 11.0 Å². The van der Waals surface area contributed by atoms with Crippen molar-refractivity contribution in [3.05, 3.63) is 0 Å². The summed E-state index contributed by atoms with van der Waals surface area (Å²) < 4.78 is 0. The molecule has 3 nitrogen and oxygen atoms in total. The van der Waals surface area contributed by atoms with Crippen LogP contribution in [0.5, 0.6) is 0 Å². The number of carboxylic acids is 1. The Bertz CT molecular complexity index is 241. The zero-order valence-corrected chi connectivity index (χ0v) is 12.3. The van der Waals surface area contributed by atoms with Crippen molar-refractivity contribution in [1.82, 2.24) is 5.32 Å². The molecule has 0 heterocycles. The van der Waals surface area contributed by atoms with E-state index in [1.807, 2.05) is 0 Å². The predicted octanol–water partition coefficient (Wildman–Crippen LogP) is 3.43. The molecule has 0 radical (unpaired) electrons. The number of unbranched alkanes of at least 4 members (excludes halogenated alkanes) is 1. The normalized spacial score (nSPS) is 14.7. The molecule has 0 amide bonds. The van der Waals surface area contributed by atoms with Crippen LogP contribution in [0.2, 0.25) is 0 Å². The molecule has 0 aliphatic heterocycles. The lowest BCUT2D eigenvalue weighted by molar-refractivity contribution is -0.140. The molecular formula is C14H29NO2. The second-order valence-corrected chi connectivity index (χ2v) is 6.80. The smallest absolute Gasteiger partial charge is 0.320 e. The highest BCUT2D eigenvalue weighted by molar-refractivity contribution is 5.73. The number of aliphatic carboxylic acids is 1. The van der Waals surface area contributed by atoms with Gasteiger partial charge in [0.2, 0.25) is 0 Å². The largest absolute Gasteiger partial charge is 0.480 e. The van der Waals surface area contributed by atoms with Gasteiger partial charge in [-0.05, 0) is 32.1 Å². The third-order valence-electron chi connectivity index (χ3n) is 2.68. The van der Waals surface area contributed by atoms with Crippen LogP contribution in [0.25, 0.3) is 0 Å². The standard InChI is InChI=1S/C14H29NO2/c1-7-8-9-11(12(16)17)15-14(5,6)10-13(2,3)4/h11,15H,7-10H2,1-6H3,(H,16,17). The molecule has 1 unspecified atom stereocenters. The quantitative estimate of drug-likeness (QED) is 0.720. The maximum atomic E-state index is 11.2. The van der Waals surface area contributed by atoms with Crippen LogP contribution in [0.15, 0.2) is 0 Å². The number of nitrogens with one attached hydrogen (secondary N) is 1. The molecule has 0 bridgehead atoms. The molecule has 102 valence electrons. The van der Waals surface area contributed by atoms with Gasteiger partial charge in [0.25, 0.3) is 0 Å². The first-order chi connectivity index (χ1) is 7.57. The SMILES string of the molecule is CCCCC(NC(C)(C)CC(C)(C)C)C(=O)O. The van der Waals surface area contributed by atoms with Crippen LogP contribution in [-0.4, -0.2) is 22.7 Å². The average Bonchev–Trinajstić information content (AvgIpc) is 2.07. The Kier molecular flexibility index (Phi) is 6.17. The van der Waals surface area contributed by atoms with Crippen molar-refractivity contribution >= 4 is 5.97 Å². The topological polar surface area (TPSA) is 49.3 Å². The van der Waals surface area contributed by atoms with Crippen LogP contribution in [0.4, 0.5) is 0 Å².